The summed E-state index contributed by atoms with van der Waals surface area (Å²) < 4.78 is 0. The largest absolute Gasteiger partial charge is 0.309 e. The Balaban J connectivity index is 2.16. The van der Waals surface area contributed by atoms with Crippen molar-refractivity contribution in [2.45, 2.75) is 65.5 Å². The third kappa shape index (κ3) is 4.55. The summed E-state index contributed by atoms with van der Waals surface area (Å²) in [5.74, 6) is 0. The fraction of sp³-hybridized carbons (Fsp3) is 0.684. The van der Waals surface area contributed by atoms with E-state index in [4.69, 9.17) is 0 Å². The van der Waals surface area contributed by atoms with Crippen LogP contribution in [-0.2, 0) is 0 Å². The van der Waals surface area contributed by atoms with Crippen LogP contribution < -0.4 is 5.32 Å². The highest BCUT2D eigenvalue weighted by atomic mass is 15.2. The Bertz CT molecular complexity index is 441. The maximum Gasteiger partial charge on any atom is 0.0452 e. The maximum absolute atomic E-state index is 3.71. The molecule has 0 aromatic heterocycles. The van der Waals surface area contributed by atoms with Crippen molar-refractivity contribution in [2.75, 3.05) is 19.6 Å². The highest BCUT2D eigenvalue weighted by Crippen LogP contribution is 2.24. The second kappa shape index (κ2) is 7.95. The van der Waals surface area contributed by atoms with Crippen molar-refractivity contribution < 1.29 is 0 Å². The molecule has 0 aliphatic carbocycles. The summed E-state index contributed by atoms with van der Waals surface area (Å²) in [4.78, 5) is 2.70. The van der Waals surface area contributed by atoms with Gasteiger partial charge in [-0.05, 0) is 57.8 Å². The monoisotopic (exact) mass is 288 g/mol. The molecule has 2 atom stereocenters. The van der Waals surface area contributed by atoms with E-state index in [1.54, 1.807) is 0 Å². The summed E-state index contributed by atoms with van der Waals surface area (Å²) in [6.07, 6.45) is 5.50. The van der Waals surface area contributed by atoms with Gasteiger partial charge in [0.15, 0.2) is 0 Å². The molecule has 0 radical (unpaired) electrons. The molecule has 0 bridgehead atoms. The van der Waals surface area contributed by atoms with Crippen LogP contribution in [0.1, 0.15) is 62.3 Å². The Morgan fingerprint density at radius 3 is 2.81 bits per heavy atom. The van der Waals surface area contributed by atoms with Crippen molar-refractivity contribution in [1.29, 1.82) is 0 Å². The van der Waals surface area contributed by atoms with Crippen LogP contribution in [0.25, 0.3) is 0 Å². The van der Waals surface area contributed by atoms with E-state index in [0.717, 1.165) is 19.1 Å². The van der Waals surface area contributed by atoms with Crippen LogP contribution in [0.5, 0.6) is 0 Å². The number of benzene rings is 1. The van der Waals surface area contributed by atoms with Crippen LogP contribution in [0, 0.1) is 13.8 Å². The van der Waals surface area contributed by atoms with Crippen molar-refractivity contribution in [3.05, 3.63) is 34.9 Å². The van der Waals surface area contributed by atoms with Gasteiger partial charge in [-0.3, -0.25) is 4.90 Å². The van der Waals surface area contributed by atoms with Gasteiger partial charge in [-0.2, -0.15) is 0 Å². The number of hydrogen-bond acceptors (Lipinski definition) is 2. The van der Waals surface area contributed by atoms with Crippen LogP contribution in [0.4, 0.5) is 0 Å². The Kier molecular flexibility index (Phi) is 6.25. The first-order valence-electron chi connectivity index (χ1n) is 8.66. The minimum atomic E-state index is 0.454. The van der Waals surface area contributed by atoms with Gasteiger partial charge in [0.1, 0.15) is 0 Å². The van der Waals surface area contributed by atoms with E-state index in [-0.39, 0.29) is 0 Å². The van der Waals surface area contributed by atoms with Crippen molar-refractivity contribution >= 4 is 0 Å². The van der Waals surface area contributed by atoms with Gasteiger partial charge in [-0.25, -0.2) is 0 Å². The molecule has 1 aliphatic heterocycles. The van der Waals surface area contributed by atoms with Crippen LogP contribution in [0.3, 0.4) is 0 Å². The molecule has 2 unspecified atom stereocenters. The number of likely N-dealkylation sites (tertiary alicyclic amines) is 1. The van der Waals surface area contributed by atoms with Crippen LogP contribution in [0.2, 0.25) is 0 Å². The van der Waals surface area contributed by atoms with Crippen LogP contribution >= 0.6 is 0 Å². The van der Waals surface area contributed by atoms with Crippen LogP contribution in [-0.4, -0.2) is 30.6 Å². The average molecular weight is 288 g/mol. The number of likely N-dealkylation sites (N-methyl/N-ethyl adjacent to an activating group) is 1. The molecular weight excluding hydrogens is 256 g/mol. The first-order valence-corrected chi connectivity index (χ1v) is 8.66. The van der Waals surface area contributed by atoms with Gasteiger partial charge in [-0.15, -0.1) is 0 Å². The molecule has 1 aromatic carbocycles. The topological polar surface area (TPSA) is 15.3 Å². The van der Waals surface area contributed by atoms with E-state index in [1.165, 1.54) is 48.9 Å². The van der Waals surface area contributed by atoms with Crippen molar-refractivity contribution in [1.82, 2.24) is 10.2 Å². The first-order chi connectivity index (χ1) is 10.1. The van der Waals surface area contributed by atoms with Crippen LogP contribution in [0.15, 0.2) is 18.2 Å². The van der Waals surface area contributed by atoms with Gasteiger partial charge in [0.25, 0.3) is 0 Å². The molecule has 0 saturated carbocycles. The zero-order chi connectivity index (χ0) is 15.2. The van der Waals surface area contributed by atoms with Gasteiger partial charge in [0.2, 0.25) is 0 Å². The Morgan fingerprint density at radius 1 is 1.24 bits per heavy atom. The van der Waals surface area contributed by atoms with E-state index in [9.17, 15) is 0 Å². The molecule has 1 aromatic rings. The summed E-state index contributed by atoms with van der Waals surface area (Å²) in [5, 5.41) is 3.71. The molecule has 1 fully saturated rings. The van der Waals surface area contributed by atoms with Crippen molar-refractivity contribution in [3.63, 3.8) is 0 Å². The Morgan fingerprint density at radius 2 is 2.05 bits per heavy atom. The minimum absolute atomic E-state index is 0.454. The smallest absolute Gasteiger partial charge is 0.0452 e. The number of aryl methyl sites for hydroxylation is 2. The van der Waals surface area contributed by atoms with Gasteiger partial charge >= 0.3 is 0 Å². The molecule has 1 saturated heterocycles. The fourth-order valence-corrected chi connectivity index (χ4v) is 3.49. The third-order valence-electron chi connectivity index (χ3n) is 4.87. The molecule has 0 amide bonds. The zero-order valence-electron chi connectivity index (χ0n) is 14.3. The Labute approximate surface area is 130 Å². The normalized spacial score (nSPS) is 22.0. The third-order valence-corrected chi connectivity index (χ3v) is 4.87. The molecule has 118 valence electrons. The van der Waals surface area contributed by atoms with E-state index < -0.39 is 0 Å². The molecule has 2 rings (SSSR count). The molecule has 1 aliphatic rings. The van der Waals surface area contributed by atoms with E-state index in [2.05, 4.69) is 56.1 Å². The van der Waals surface area contributed by atoms with E-state index in [0.29, 0.717) is 6.04 Å². The fourth-order valence-electron chi connectivity index (χ4n) is 3.49. The van der Waals surface area contributed by atoms with Gasteiger partial charge in [0, 0.05) is 18.6 Å². The molecular formula is C19H32N2. The lowest BCUT2D eigenvalue weighted by atomic mass is 9.98. The predicted octanol–water partition coefficient (Wildman–Crippen LogP) is 4.22. The van der Waals surface area contributed by atoms with Crippen molar-refractivity contribution in [2.24, 2.45) is 0 Å². The van der Waals surface area contributed by atoms with Gasteiger partial charge in [-0.1, -0.05) is 43.5 Å². The zero-order valence-corrected chi connectivity index (χ0v) is 14.3. The van der Waals surface area contributed by atoms with E-state index in [1.807, 2.05) is 0 Å². The maximum atomic E-state index is 3.71. The second-order valence-corrected chi connectivity index (χ2v) is 6.66. The molecule has 1 heterocycles. The molecule has 2 nitrogen and oxygen atoms in total. The standard InChI is InChI=1S/C19H32N2/c1-5-20-19(18-13-15(2)10-11-16(18)3)14-21-12-8-6-7-9-17(21)4/h10-11,13,17,19-20H,5-9,12,14H2,1-4H3. The molecule has 2 heteroatoms. The van der Waals surface area contributed by atoms with E-state index >= 15 is 0 Å². The minimum Gasteiger partial charge on any atom is -0.309 e. The summed E-state index contributed by atoms with van der Waals surface area (Å²) in [6, 6.07) is 8.02. The van der Waals surface area contributed by atoms with Gasteiger partial charge < -0.3 is 5.32 Å². The Hall–Kier alpha value is -0.860. The number of nitrogens with one attached hydrogen (secondary N) is 1. The highest BCUT2D eigenvalue weighted by Gasteiger charge is 2.22. The highest BCUT2D eigenvalue weighted by molar-refractivity contribution is 5.33. The molecule has 0 spiro atoms. The number of rotatable bonds is 5. The quantitative estimate of drug-likeness (QED) is 0.872. The SMILES string of the molecule is CCNC(CN1CCCCCC1C)c1cc(C)ccc1C. The lowest BCUT2D eigenvalue weighted by Gasteiger charge is -2.32. The number of hydrogen-bond donors (Lipinski definition) is 1. The molecule has 21 heavy (non-hydrogen) atoms. The summed E-state index contributed by atoms with van der Waals surface area (Å²) >= 11 is 0. The van der Waals surface area contributed by atoms with Gasteiger partial charge in [0.05, 0.1) is 0 Å². The summed E-state index contributed by atoms with van der Waals surface area (Å²) in [5.41, 5.74) is 4.25. The van der Waals surface area contributed by atoms with Crippen molar-refractivity contribution in [3.8, 4) is 0 Å². The predicted molar refractivity (Wildman–Crippen MR) is 91.8 cm³/mol. The second-order valence-electron chi connectivity index (χ2n) is 6.66. The summed E-state index contributed by atoms with van der Waals surface area (Å²) in [6.45, 7) is 12.5. The molecule has 1 N–H and O–H groups in total. The first kappa shape index (κ1) is 16.5. The average Bonchev–Trinajstić information content (AvgIpc) is 2.66. The lowest BCUT2D eigenvalue weighted by Crippen LogP contribution is -2.40. The summed E-state index contributed by atoms with van der Waals surface area (Å²) in [7, 11) is 0. The number of nitrogens with zero attached hydrogens (tertiary/aromatic N) is 1. The lowest BCUT2D eigenvalue weighted by molar-refractivity contribution is 0.191.